The molecular weight excluding hydrogens is 384 g/mol. The molecule has 3 aromatic rings. The lowest BCUT2D eigenvalue weighted by Crippen LogP contribution is -2.50. The zero-order valence-corrected chi connectivity index (χ0v) is 16.4. The second-order valence-corrected chi connectivity index (χ2v) is 7.24. The average Bonchev–Trinajstić information content (AvgIpc) is 2.69. The Balaban J connectivity index is 1.96. The number of ether oxygens (including phenoxy) is 1. The van der Waals surface area contributed by atoms with Gasteiger partial charge in [-0.25, -0.2) is 8.78 Å². The number of methoxy groups -OCH3 is 1. The Hall–Kier alpha value is -2.44. The summed E-state index contributed by atoms with van der Waals surface area (Å²) < 4.78 is 35.4. The molecular formula is C21H20ClF2N3O. The maximum Gasteiger partial charge on any atom is 0.159 e. The molecule has 1 fully saturated rings. The highest BCUT2D eigenvalue weighted by molar-refractivity contribution is 6.34. The van der Waals surface area contributed by atoms with Crippen molar-refractivity contribution < 1.29 is 13.5 Å². The van der Waals surface area contributed by atoms with Crippen LogP contribution in [0.2, 0.25) is 5.02 Å². The lowest BCUT2D eigenvalue weighted by Gasteiger charge is -2.36. The molecule has 7 heteroatoms. The number of anilines is 1. The summed E-state index contributed by atoms with van der Waals surface area (Å²) in [5, 5.41) is 4.07. The van der Waals surface area contributed by atoms with E-state index in [4.69, 9.17) is 16.3 Å². The summed E-state index contributed by atoms with van der Waals surface area (Å²) in [6, 6.07) is 8.11. The smallest absolute Gasteiger partial charge is 0.159 e. The summed E-state index contributed by atoms with van der Waals surface area (Å²) in [6.07, 6.45) is 1.58. The van der Waals surface area contributed by atoms with Gasteiger partial charge in [0.25, 0.3) is 0 Å². The summed E-state index contributed by atoms with van der Waals surface area (Å²) >= 11 is 6.47. The van der Waals surface area contributed by atoms with Crippen molar-refractivity contribution in [2.45, 2.75) is 13.0 Å². The van der Waals surface area contributed by atoms with Gasteiger partial charge in [0.1, 0.15) is 17.1 Å². The minimum Gasteiger partial charge on any atom is -0.496 e. The number of piperazine rings is 1. The SMILES string of the molecule is COc1cccc(F)c1-c1c(Cl)cc2c(N3CCNC[C@@H]3C)ccnc2c1F. The monoisotopic (exact) mass is 403 g/mol. The molecule has 0 spiro atoms. The van der Waals surface area contributed by atoms with Gasteiger partial charge in [0.15, 0.2) is 5.82 Å². The van der Waals surface area contributed by atoms with Crippen LogP contribution in [-0.2, 0) is 0 Å². The van der Waals surface area contributed by atoms with Gasteiger partial charge in [-0.05, 0) is 31.2 Å². The highest BCUT2D eigenvalue weighted by Gasteiger charge is 2.25. The van der Waals surface area contributed by atoms with Crippen LogP contribution >= 0.6 is 11.6 Å². The maximum atomic E-state index is 15.6. The average molecular weight is 404 g/mol. The Morgan fingerprint density at radius 2 is 2.07 bits per heavy atom. The predicted octanol–water partition coefficient (Wildman–Crippen LogP) is 4.64. The number of halogens is 3. The first kappa shape index (κ1) is 18.9. The van der Waals surface area contributed by atoms with E-state index in [0.29, 0.717) is 5.39 Å². The van der Waals surface area contributed by atoms with E-state index in [9.17, 15) is 4.39 Å². The fourth-order valence-electron chi connectivity index (χ4n) is 3.80. The van der Waals surface area contributed by atoms with Gasteiger partial charge in [-0.2, -0.15) is 0 Å². The van der Waals surface area contributed by atoms with E-state index in [1.54, 1.807) is 18.3 Å². The van der Waals surface area contributed by atoms with Gasteiger partial charge >= 0.3 is 0 Å². The van der Waals surface area contributed by atoms with E-state index in [1.807, 2.05) is 6.07 Å². The first-order valence-corrected chi connectivity index (χ1v) is 9.47. The van der Waals surface area contributed by atoms with Crippen molar-refractivity contribution >= 4 is 28.2 Å². The van der Waals surface area contributed by atoms with E-state index in [-0.39, 0.29) is 33.5 Å². The van der Waals surface area contributed by atoms with Crippen LogP contribution < -0.4 is 15.0 Å². The molecule has 1 atom stereocenters. The van der Waals surface area contributed by atoms with Crippen molar-refractivity contribution in [3.63, 3.8) is 0 Å². The topological polar surface area (TPSA) is 37.4 Å². The number of nitrogens with zero attached hydrogens (tertiary/aromatic N) is 2. The van der Waals surface area contributed by atoms with E-state index in [1.165, 1.54) is 19.2 Å². The van der Waals surface area contributed by atoms with Crippen LogP contribution in [0.1, 0.15) is 6.92 Å². The van der Waals surface area contributed by atoms with Crippen molar-refractivity contribution in [3.05, 3.63) is 53.2 Å². The minimum atomic E-state index is -0.657. The Labute approximate surface area is 167 Å². The summed E-state index contributed by atoms with van der Waals surface area (Å²) in [5.74, 6) is -1.05. The number of hydrogen-bond acceptors (Lipinski definition) is 4. The van der Waals surface area contributed by atoms with Gasteiger partial charge in [-0.15, -0.1) is 0 Å². The Morgan fingerprint density at radius 3 is 2.82 bits per heavy atom. The molecule has 0 saturated carbocycles. The highest BCUT2D eigenvalue weighted by atomic mass is 35.5. The molecule has 1 N–H and O–H groups in total. The van der Waals surface area contributed by atoms with E-state index >= 15 is 4.39 Å². The van der Waals surface area contributed by atoms with Crippen molar-refractivity contribution in [1.82, 2.24) is 10.3 Å². The van der Waals surface area contributed by atoms with Gasteiger partial charge in [-0.3, -0.25) is 4.98 Å². The van der Waals surface area contributed by atoms with Crippen molar-refractivity contribution in [3.8, 4) is 16.9 Å². The fourth-order valence-corrected chi connectivity index (χ4v) is 4.08. The maximum absolute atomic E-state index is 15.6. The molecule has 2 aromatic carbocycles. The van der Waals surface area contributed by atoms with E-state index in [0.717, 1.165) is 25.3 Å². The molecule has 0 amide bonds. The molecule has 1 saturated heterocycles. The second kappa shape index (κ2) is 7.53. The molecule has 4 rings (SSSR count). The third-order valence-electron chi connectivity index (χ3n) is 5.16. The van der Waals surface area contributed by atoms with Gasteiger partial charge in [0.05, 0.1) is 17.7 Å². The van der Waals surface area contributed by atoms with Gasteiger partial charge in [0.2, 0.25) is 0 Å². The number of pyridine rings is 1. The number of benzene rings is 2. The van der Waals surface area contributed by atoms with Crippen LogP contribution in [0.15, 0.2) is 36.5 Å². The molecule has 0 bridgehead atoms. The molecule has 1 aromatic heterocycles. The van der Waals surface area contributed by atoms with Crippen LogP contribution in [0.3, 0.4) is 0 Å². The van der Waals surface area contributed by atoms with Crippen molar-refractivity contribution in [2.75, 3.05) is 31.6 Å². The zero-order valence-electron chi connectivity index (χ0n) is 15.6. The number of fused-ring (bicyclic) bond motifs is 1. The molecule has 0 aliphatic carbocycles. The molecule has 2 heterocycles. The minimum absolute atomic E-state index is 0.00264. The third kappa shape index (κ3) is 3.06. The summed E-state index contributed by atoms with van der Waals surface area (Å²) in [6.45, 7) is 4.58. The second-order valence-electron chi connectivity index (χ2n) is 6.84. The number of aromatic nitrogens is 1. The summed E-state index contributed by atoms with van der Waals surface area (Å²) in [7, 11) is 1.41. The number of nitrogens with one attached hydrogen (secondary N) is 1. The van der Waals surface area contributed by atoms with Crippen molar-refractivity contribution in [2.24, 2.45) is 0 Å². The lowest BCUT2D eigenvalue weighted by atomic mass is 9.99. The Morgan fingerprint density at radius 1 is 1.25 bits per heavy atom. The van der Waals surface area contributed by atoms with E-state index < -0.39 is 11.6 Å². The van der Waals surface area contributed by atoms with Crippen LogP contribution in [0.5, 0.6) is 5.75 Å². The Bertz CT molecular complexity index is 1040. The van der Waals surface area contributed by atoms with Gasteiger partial charge in [0, 0.05) is 48.5 Å². The number of rotatable bonds is 3. The molecule has 4 nitrogen and oxygen atoms in total. The third-order valence-corrected chi connectivity index (χ3v) is 5.46. The van der Waals surface area contributed by atoms with Crippen LogP contribution in [-0.4, -0.2) is 37.8 Å². The Kier molecular flexibility index (Phi) is 5.08. The molecule has 0 unspecified atom stereocenters. The van der Waals surface area contributed by atoms with E-state index in [2.05, 4.69) is 22.1 Å². The normalized spacial score (nSPS) is 17.2. The number of hydrogen-bond donors (Lipinski definition) is 1. The predicted molar refractivity (Wildman–Crippen MR) is 108 cm³/mol. The first-order valence-electron chi connectivity index (χ1n) is 9.10. The molecule has 0 radical (unpaired) electrons. The first-order chi connectivity index (χ1) is 13.5. The summed E-state index contributed by atoms with van der Waals surface area (Å²) in [4.78, 5) is 6.44. The largest absolute Gasteiger partial charge is 0.496 e. The highest BCUT2D eigenvalue weighted by Crippen LogP contribution is 2.42. The molecule has 1 aliphatic heterocycles. The quantitative estimate of drug-likeness (QED) is 0.691. The fraction of sp³-hybridized carbons (Fsp3) is 0.286. The lowest BCUT2D eigenvalue weighted by molar-refractivity contribution is 0.413. The molecule has 146 valence electrons. The molecule has 28 heavy (non-hydrogen) atoms. The van der Waals surface area contributed by atoms with Crippen LogP contribution in [0.25, 0.3) is 22.0 Å². The van der Waals surface area contributed by atoms with Crippen LogP contribution in [0, 0.1) is 11.6 Å². The molecule has 1 aliphatic rings. The van der Waals surface area contributed by atoms with Gasteiger partial charge < -0.3 is 15.0 Å². The standard InChI is InChI=1S/C21H20ClF2N3O/c1-12-11-25-8-9-27(12)16-6-7-26-21-13(16)10-14(22)18(20(21)24)19-15(23)4-3-5-17(19)28-2/h3-7,10,12,25H,8-9,11H2,1-2H3/t12-/m0/s1. The zero-order chi connectivity index (χ0) is 19.8. The summed E-state index contributed by atoms with van der Waals surface area (Å²) in [5.41, 5.74) is 0.985. The van der Waals surface area contributed by atoms with Crippen LogP contribution in [0.4, 0.5) is 14.5 Å². The van der Waals surface area contributed by atoms with Gasteiger partial charge in [-0.1, -0.05) is 17.7 Å². The van der Waals surface area contributed by atoms with Crippen molar-refractivity contribution in [1.29, 1.82) is 0 Å².